The third-order valence-electron chi connectivity index (χ3n) is 7.94. The summed E-state index contributed by atoms with van der Waals surface area (Å²) in [5, 5.41) is 5.73. The Balaban J connectivity index is 1.12. The topological polar surface area (TPSA) is 85.0 Å². The van der Waals surface area contributed by atoms with Crippen molar-refractivity contribution in [2.45, 2.75) is 44.7 Å². The first kappa shape index (κ1) is 24.3. The largest absolute Gasteiger partial charge is 0.369 e. The van der Waals surface area contributed by atoms with E-state index in [1.807, 2.05) is 37.3 Å². The highest BCUT2D eigenvalue weighted by Gasteiger charge is 2.55. The van der Waals surface area contributed by atoms with Crippen LogP contribution in [0.25, 0.3) is 0 Å². The molecular weight excluding hydrogens is 454 g/mol. The Labute approximate surface area is 212 Å². The minimum atomic E-state index is -0.845. The van der Waals surface area contributed by atoms with E-state index in [2.05, 4.69) is 44.7 Å². The number of piperazine rings is 1. The average molecular weight is 490 g/mol. The van der Waals surface area contributed by atoms with E-state index >= 15 is 0 Å². The van der Waals surface area contributed by atoms with E-state index in [1.54, 1.807) is 0 Å². The van der Waals surface area contributed by atoms with E-state index in [0.29, 0.717) is 12.1 Å². The molecule has 3 fully saturated rings. The van der Waals surface area contributed by atoms with Crippen molar-refractivity contribution >= 4 is 29.2 Å². The van der Waals surface area contributed by atoms with E-state index in [4.69, 9.17) is 0 Å². The van der Waals surface area contributed by atoms with Crippen LogP contribution in [0.3, 0.4) is 0 Å². The highest BCUT2D eigenvalue weighted by atomic mass is 16.2. The first-order chi connectivity index (χ1) is 17.4. The molecule has 3 aliphatic rings. The number of carbonyl (C=O) groups excluding carboxylic acids is 3. The van der Waals surface area contributed by atoms with Crippen LogP contribution in [0, 0.1) is 5.92 Å². The maximum Gasteiger partial charge on any atom is 0.325 e. The molecule has 2 saturated heterocycles. The molecular formula is C28H35N5O3. The predicted octanol–water partition coefficient (Wildman–Crippen LogP) is 3.45. The Morgan fingerprint density at radius 1 is 1.00 bits per heavy atom. The van der Waals surface area contributed by atoms with Crippen LogP contribution >= 0.6 is 0 Å². The summed E-state index contributed by atoms with van der Waals surface area (Å²) in [7, 11) is 0. The third-order valence-corrected chi connectivity index (χ3v) is 7.94. The normalized spacial score (nSPS) is 24.8. The number of hydrogen-bond acceptors (Lipinski definition) is 5. The molecule has 0 aromatic heterocycles. The van der Waals surface area contributed by atoms with E-state index < -0.39 is 11.6 Å². The predicted molar refractivity (Wildman–Crippen MR) is 140 cm³/mol. The van der Waals surface area contributed by atoms with Gasteiger partial charge in [-0.3, -0.25) is 19.4 Å². The molecule has 4 amide bonds. The van der Waals surface area contributed by atoms with Gasteiger partial charge in [0.25, 0.3) is 5.91 Å². The minimum absolute atomic E-state index is 0.0727. The lowest BCUT2D eigenvalue weighted by atomic mass is 9.73. The fourth-order valence-electron chi connectivity index (χ4n) is 5.74. The second-order valence-electron chi connectivity index (χ2n) is 10.3. The summed E-state index contributed by atoms with van der Waals surface area (Å²) in [5.41, 5.74) is 2.26. The van der Waals surface area contributed by atoms with Gasteiger partial charge in [-0.2, -0.15) is 0 Å². The fourth-order valence-corrected chi connectivity index (χ4v) is 5.74. The van der Waals surface area contributed by atoms with Gasteiger partial charge in [0.05, 0.1) is 0 Å². The third kappa shape index (κ3) is 4.95. The Morgan fingerprint density at radius 3 is 2.42 bits per heavy atom. The van der Waals surface area contributed by atoms with Crippen LogP contribution in [0.15, 0.2) is 54.6 Å². The van der Waals surface area contributed by atoms with Gasteiger partial charge >= 0.3 is 6.03 Å². The molecule has 2 aliphatic heterocycles. The SMILES string of the molecule is C[C@@H]1CCCC[C@]12NC(=O)N(CC(=O)Nc1ccc(N3CCN(Cc4ccccc4)CC3)cc1)C2=O. The monoisotopic (exact) mass is 489 g/mol. The van der Waals surface area contributed by atoms with Gasteiger partial charge in [-0.1, -0.05) is 50.1 Å². The zero-order valence-electron chi connectivity index (χ0n) is 20.9. The second kappa shape index (κ2) is 10.3. The second-order valence-corrected chi connectivity index (χ2v) is 10.3. The molecule has 1 saturated carbocycles. The van der Waals surface area contributed by atoms with Crippen molar-refractivity contribution in [3.8, 4) is 0 Å². The quantitative estimate of drug-likeness (QED) is 0.608. The maximum atomic E-state index is 13.1. The average Bonchev–Trinajstić information content (AvgIpc) is 3.12. The molecule has 2 heterocycles. The van der Waals surface area contributed by atoms with Gasteiger partial charge in [0.1, 0.15) is 12.1 Å². The van der Waals surface area contributed by atoms with Crippen LogP contribution in [0.1, 0.15) is 38.2 Å². The van der Waals surface area contributed by atoms with Crippen LogP contribution in [-0.2, 0) is 16.1 Å². The molecule has 0 unspecified atom stereocenters. The first-order valence-corrected chi connectivity index (χ1v) is 13.0. The molecule has 8 heteroatoms. The summed E-state index contributed by atoms with van der Waals surface area (Å²) >= 11 is 0. The van der Waals surface area contributed by atoms with Crippen LogP contribution in [0.2, 0.25) is 0 Å². The number of urea groups is 1. The number of imide groups is 1. The van der Waals surface area contributed by atoms with Crippen molar-refractivity contribution in [3.63, 3.8) is 0 Å². The molecule has 8 nitrogen and oxygen atoms in total. The molecule has 2 aromatic rings. The molecule has 5 rings (SSSR count). The van der Waals surface area contributed by atoms with Crippen molar-refractivity contribution in [1.82, 2.24) is 15.1 Å². The molecule has 0 bridgehead atoms. The summed E-state index contributed by atoms with van der Waals surface area (Å²) in [6, 6.07) is 17.8. The fraction of sp³-hybridized carbons (Fsp3) is 0.464. The van der Waals surface area contributed by atoms with Crippen LogP contribution < -0.4 is 15.5 Å². The lowest BCUT2D eigenvalue weighted by Crippen LogP contribution is -2.54. The Hall–Kier alpha value is -3.39. The highest BCUT2D eigenvalue weighted by Crippen LogP contribution is 2.38. The summed E-state index contributed by atoms with van der Waals surface area (Å²) in [4.78, 5) is 44.2. The zero-order valence-corrected chi connectivity index (χ0v) is 20.9. The van der Waals surface area contributed by atoms with Gasteiger partial charge in [0.15, 0.2) is 0 Å². The van der Waals surface area contributed by atoms with Gasteiger partial charge in [-0.25, -0.2) is 4.79 Å². The number of carbonyl (C=O) groups is 3. The number of nitrogens with zero attached hydrogens (tertiary/aromatic N) is 3. The number of anilines is 2. The molecule has 2 N–H and O–H groups in total. The van der Waals surface area contributed by atoms with E-state index in [0.717, 1.165) is 62.6 Å². The molecule has 1 aliphatic carbocycles. The Morgan fingerprint density at radius 2 is 1.72 bits per heavy atom. The number of rotatable bonds is 6. The molecule has 36 heavy (non-hydrogen) atoms. The van der Waals surface area contributed by atoms with Crippen LogP contribution in [-0.4, -0.2) is 65.9 Å². The minimum Gasteiger partial charge on any atom is -0.369 e. The van der Waals surface area contributed by atoms with E-state index in [-0.39, 0.29) is 24.3 Å². The number of benzene rings is 2. The van der Waals surface area contributed by atoms with Crippen molar-refractivity contribution in [2.24, 2.45) is 5.92 Å². The summed E-state index contributed by atoms with van der Waals surface area (Å²) < 4.78 is 0. The zero-order chi connectivity index (χ0) is 25.1. The molecule has 190 valence electrons. The van der Waals surface area contributed by atoms with Gasteiger partial charge < -0.3 is 15.5 Å². The number of amides is 4. The van der Waals surface area contributed by atoms with Crippen molar-refractivity contribution in [2.75, 3.05) is 42.9 Å². The Bertz CT molecular complexity index is 1100. The van der Waals surface area contributed by atoms with E-state index in [9.17, 15) is 14.4 Å². The summed E-state index contributed by atoms with van der Waals surface area (Å²) in [6.07, 6.45) is 3.51. The lowest BCUT2D eigenvalue weighted by Gasteiger charge is -2.36. The molecule has 0 radical (unpaired) electrons. The first-order valence-electron chi connectivity index (χ1n) is 13.0. The van der Waals surface area contributed by atoms with Crippen LogP contribution in [0.4, 0.5) is 16.2 Å². The maximum absolute atomic E-state index is 13.1. The van der Waals surface area contributed by atoms with Crippen molar-refractivity contribution in [3.05, 3.63) is 60.2 Å². The smallest absolute Gasteiger partial charge is 0.325 e. The van der Waals surface area contributed by atoms with Crippen molar-refractivity contribution in [1.29, 1.82) is 0 Å². The summed E-state index contributed by atoms with van der Waals surface area (Å²) in [6.45, 7) is 6.60. The lowest BCUT2D eigenvalue weighted by molar-refractivity contribution is -0.136. The van der Waals surface area contributed by atoms with Gasteiger partial charge in [0.2, 0.25) is 5.91 Å². The van der Waals surface area contributed by atoms with E-state index in [1.165, 1.54) is 5.56 Å². The van der Waals surface area contributed by atoms with Crippen molar-refractivity contribution < 1.29 is 14.4 Å². The van der Waals surface area contributed by atoms with Gasteiger partial charge in [-0.15, -0.1) is 0 Å². The Kier molecular flexibility index (Phi) is 6.96. The number of hydrogen-bond donors (Lipinski definition) is 2. The highest BCUT2D eigenvalue weighted by molar-refractivity contribution is 6.10. The number of nitrogens with one attached hydrogen (secondary N) is 2. The molecule has 2 aromatic carbocycles. The summed E-state index contributed by atoms with van der Waals surface area (Å²) in [5.74, 6) is -0.568. The van der Waals surface area contributed by atoms with Gasteiger partial charge in [-0.05, 0) is 48.6 Å². The van der Waals surface area contributed by atoms with Gasteiger partial charge in [0, 0.05) is 44.1 Å². The standard InChI is InChI=1S/C28H35N5O3/c1-21-7-5-6-14-28(21)26(35)33(27(36)30-28)20-25(34)29-23-10-12-24(13-11-23)32-17-15-31(16-18-32)19-22-8-3-2-4-9-22/h2-4,8-13,21H,5-7,14-20H2,1H3,(H,29,34)(H,30,36)/t21-,28+/m1/s1. The molecule has 1 spiro atoms. The van der Waals surface area contributed by atoms with Crippen LogP contribution in [0.5, 0.6) is 0 Å². The molecule has 2 atom stereocenters.